The molecule has 1 heterocycles. The van der Waals surface area contributed by atoms with Crippen LogP contribution in [0.25, 0.3) is 0 Å². The Labute approximate surface area is 168 Å². The first-order valence-electron chi connectivity index (χ1n) is 10.7. The highest BCUT2D eigenvalue weighted by Gasteiger charge is 2.29. The molecule has 28 heavy (non-hydrogen) atoms. The molecule has 1 aromatic rings. The highest BCUT2D eigenvalue weighted by atomic mass is 32.2. The van der Waals surface area contributed by atoms with Crippen molar-refractivity contribution in [1.82, 2.24) is 9.62 Å². The lowest BCUT2D eigenvalue weighted by molar-refractivity contribution is 0.256. The number of carbonyl (C=O) groups is 1. The van der Waals surface area contributed by atoms with E-state index in [9.17, 15) is 13.2 Å². The van der Waals surface area contributed by atoms with Gasteiger partial charge in [0.1, 0.15) is 0 Å². The summed E-state index contributed by atoms with van der Waals surface area (Å²) in [5.74, 6) is 0.119. The quantitative estimate of drug-likeness (QED) is 0.763. The van der Waals surface area contributed by atoms with Crippen LogP contribution in [0.15, 0.2) is 6.07 Å². The Morgan fingerprint density at radius 3 is 2.46 bits per heavy atom. The third-order valence-corrected chi connectivity index (χ3v) is 7.73. The molecule has 0 bridgehead atoms. The van der Waals surface area contributed by atoms with Crippen LogP contribution in [-0.4, -0.2) is 44.7 Å². The zero-order chi connectivity index (χ0) is 19.7. The number of nitrogens with zero attached hydrogens (tertiary/aromatic N) is 1. The van der Waals surface area contributed by atoms with Gasteiger partial charge >= 0.3 is 6.03 Å². The molecule has 3 aliphatic rings. The molecule has 1 unspecified atom stereocenters. The van der Waals surface area contributed by atoms with E-state index in [0.717, 1.165) is 76.7 Å². The highest BCUT2D eigenvalue weighted by Crippen LogP contribution is 2.38. The third kappa shape index (κ3) is 4.20. The van der Waals surface area contributed by atoms with Crippen LogP contribution in [0.1, 0.15) is 54.9 Å². The summed E-state index contributed by atoms with van der Waals surface area (Å²) >= 11 is 0. The van der Waals surface area contributed by atoms with Gasteiger partial charge in [-0.05, 0) is 92.6 Å². The van der Waals surface area contributed by atoms with E-state index in [1.807, 2.05) is 0 Å². The molecule has 1 saturated heterocycles. The zero-order valence-corrected chi connectivity index (χ0v) is 17.5. The smallest absolute Gasteiger partial charge is 0.307 e. The van der Waals surface area contributed by atoms with E-state index in [4.69, 9.17) is 0 Å². The van der Waals surface area contributed by atoms with Gasteiger partial charge in [0, 0.05) is 12.2 Å². The number of aryl methyl sites for hydroxylation is 2. The van der Waals surface area contributed by atoms with Crippen LogP contribution in [0, 0.1) is 5.92 Å². The molecule has 2 amide bonds. The van der Waals surface area contributed by atoms with Gasteiger partial charge in [0.25, 0.3) is 0 Å². The second kappa shape index (κ2) is 8.03. The molecule has 2 aliphatic carbocycles. The van der Waals surface area contributed by atoms with Crippen LogP contribution < -0.4 is 10.0 Å². The summed E-state index contributed by atoms with van der Waals surface area (Å²) in [5.41, 5.74) is 5.94. The predicted molar refractivity (Wildman–Crippen MR) is 111 cm³/mol. The number of hydrogen-bond acceptors (Lipinski definition) is 4. The van der Waals surface area contributed by atoms with Gasteiger partial charge in [-0.25, -0.2) is 17.9 Å². The summed E-state index contributed by atoms with van der Waals surface area (Å²) in [7, 11) is -3.64. The molecule has 1 atom stereocenters. The Bertz CT molecular complexity index is 834. The molecule has 1 aromatic carbocycles. The number of anilines is 1. The first-order valence-corrected chi connectivity index (χ1v) is 12.3. The van der Waals surface area contributed by atoms with Crippen molar-refractivity contribution in [3.05, 3.63) is 28.3 Å². The second-order valence-electron chi connectivity index (χ2n) is 8.53. The molecule has 1 aliphatic heterocycles. The average Bonchev–Trinajstić information content (AvgIpc) is 3.34. The number of likely N-dealkylation sites (tertiary alicyclic amines) is 1. The van der Waals surface area contributed by atoms with E-state index in [1.54, 1.807) is 0 Å². The minimum Gasteiger partial charge on any atom is -0.307 e. The van der Waals surface area contributed by atoms with Gasteiger partial charge in [-0.3, -0.25) is 0 Å². The molecule has 154 valence electrons. The minimum atomic E-state index is -3.64. The van der Waals surface area contributed by atoms with Crippen LogP contribution in [0.4, 0.5) is 10.5 Å². The van der Waals surface area contributed by atoms with Gasteiger partial charge in [-0.1, -0.05) is 13.0 Å². The van der Waals surface area contributed by atoms with E-state index < -0.39 is 16.1 Å². The lowest BCUT2D eigenvalue weighted by atomic mass is 9.99. The van der Waals surface area contributed by atoms with Crippen LogP contribution in [0.2, 0.25) is 0 Å². The number of nitrogens with one attached hydrogen (secondary N) is 2. The van der Waals surface area contributed by atoms with Crippen molar-refractivity contribution >= 4 is 21.7 Å². The van der Waals surface area contributed by atoms with E-state index in [2.05, 4.69) is 27.9 Å². The van der Waals surface area contributed by atoms with E-state index in [-0.39, 0.29) is 11.7 Å². The summed E-state index contributed by atoms with van der Waals surface area (Å²) in [6.45, 7) is 4.89. The minimum absolute atomic E-state index is 0.0195. The van der Waals surface area contributed by atoms with Crippen molar-refractivity contribution in [1.29, 1.82) is 0 Å². The molecular weight excluding hydrogens is 374 g/mol. The normalized spacial score (nSPS) is 21.5. The lowest BCUT2D eigenvalue weighted by Crippen LogP contribution is -2.38. The zero-order valence-electron chi connectivity index (χ0n) is 16.7. The first kappa shape index (κ1) is 19.7. The van der Waals surface area contributed by atoms with E-state index >= 15 is 0 Å². The predicted octanol–water partition coefficient (Wildman–Crippen LogP) is 2.85. The van der Waals surface area contributed by atoms with Gasteiger partial charge in [0.15, 0.2) is 0 Å². The Morgan fingerprint density at radius 2 is 1.82 bits per heavy atom. The molecule has 0 saturated carbocycles. The van der Waals surface area contributed by atoms with Gasteiger partial charge in [-0.2, -0.15) is 0 Å². The van der Waals surface area contributed by atoms with Crippen LogP contribution >= 0.6 is 0 Å². The van der Waals surface area contributed by atoms with Crippen molar-refractivity contribution in [2.24, 2.45) is 5.92 Å². The lowest BCUT2D eigenvalue weighted by Gasteiger charge is -2.17. The van der Waals surface area contributed by atoms with E-state index in [1.165, 1.54) is 22.3 Å². The number of benzene rings is 1. The number of rotatable bonds is 6. The summed E-state index contributed by atoms with van der Waals surface area (Å²) in [5, 5.41) is 2.91. The largest absolute Gasteiger partial charge is 0.332 e. The Kier molecular flexibility index (Phi) is 5.65. The maximum Gasteiger partial charge on any atom is 0.332 e. The summed E-state index contributed by atoms with van der Waals surface area (Å²) in [6, 6.07) is 1.69. The number of fused-ring (bicyclic) bond motifs is 2. The first-order chi connectivity index (χ1) is 13.4. The SMILES string of the molecule is CCCN1CCC(CS(=O)(=O)NC(=O)Nc2c3c(cc4c2CCC4)CCC3)C1. The van der Waals surface area contributed by atoms with E-state index in [0.29, 0.717) is 0 Å². The van der Waals surface area contributed by atoms with Crippen molar-refractivity contribution in [3.63, 3.8) is 0 Å². The fraction of sp³-hybridized carbons (Fsp3) is 0.667. The molecule has 0 spiro atoms. The Morgan fingerprint density at radius 1 is 1.14 bits per heavy atom. The average molecular weight is 406 g/mol. The maximum atomic E-state index is 12.6. The molecule has 0 aromatic heterocycles. The van der Waals surface area contributed by atoms with Gasteiger partial charge in [0.05, 0.1) is 5.75 Å². The number of carbonyl (C=O) groups excluding carboxylic acids is 1. The Hall–Kier alpha value is -1.60. The van der Waals surface area contributed by atoms with Crippen LogP contribution in [-0.2, 0) is 35.7 Å². The summed E-state index contributed by atoms with van der Waals surface area (Å²) < 4.78 is 27.3. The van der Waals surface area contributed by atoms with Crippen LogP contribution in [0.5, 0.6) is 0 Å². The standard InChI is InChI=1S/C21H31N3O3S/c1-2-10-24-11-9-15(13-24)14-28(26,27)23-21(25)22-20-18-7-3-5-16(18)12-17-6-4-8-19(17)20/h12,15H,2-11,13-14H2,1H3,(H2,22,23,25). The van der Waals surface area contributed by atoms with Gasteiger partial charge in [-0.15, -0.1) is 0 Å². The molecule has 1 fully saturated rings. The fourth-order valence-electron chi connectivity index (χ4n) is 5.17. The maximum absolute atomic E-state index is 12.6. The number of hydrogen-bond donors (Lipinski definition) is 2. The Balaban J connectivity index is 1.41. The number of sulfonamides is 1. The third-order valence-electron chi connectivity index (χ3n) is 6.32. The van der Waals surface area contributed by atoms with Crippen molar-refractivity contribution in [2.75, 3.05) is 30.7 Å². The van der Waals surface area contributed by atoms with Crippen molar-refractivity contribution in [3.8, 4) is 0 Å². The molecule has 0 radical (unpaired) electrons. The highest BCUT2D eigenvalue weighted by molar-refractivity contribution is 7.90. The molecule has 4 rings (SSSR count). The molecule has 7 heteroatoms. The van der Waals surface area contributed by atoms with Crippen molar-refractivity contribution < 1.29 is 13.2 Å². The van der Waals surface area contributed by atoms with Crippen LogP contribution in [0.3, 0.4) is 0 Å². The molecule has 6 nitrogen and oxygen atoms in total. The van der Waals surface area contributed by atoms with Gasteiger partial charge in [0.2, 0.25) is 10.0 Å². The topological polar surface area (TPSA) is 78.5 Å². The van der Waals surface area contributed by atoms with Gasteiger partial charge < -0.3 is 10.2 Å². The molecule has 2 N–H and O–H groups in total. The monoisotopic (exact) mass is 405 g/mol. The van der Waals surface area contributed by atoms with Crippen molar-refractivity contribution in [2.45, 2.75) is 58.3 Å². The molecular formula is C21H31N3O3S. The number of amides is 2. The fourth-order valence-corrected chi connectivity index (χ4v) is 6.48. The summed E-state index contributed by atoms with van der Waals surface area (Å²) in [4.78, 5) is 14.9. The summed E-state index contributed by atoms with van der Waals surface area (Å²) in [6.07, 6.45) is 8.17. The second-order valence-corrected chi connectivity index (χ2v) is 10.3. The number of urea groups is 1.